The summed E-state index contributed by atoms with van der Waals surface area (Å²) in [7, 11) is 1.78. The molecule has 0 atom stereocenters. The molecule has 18 heavy (non-hydrogen) atoms. The van der Waals surface area contributed by atoms with Gasteiger partial charge >= 0.3 is 5.69 Å². The lowest BCUT2D eigenvalue weighted by Gasteiger charge is -2.28. The zero-order chi connectivity index (χ0) is 13.2. The Morgan fingerprint density at radius 3 is 2.50 bits per heavy atom. The maximum absolute atomic E-state index is 10.5. The third-order valence-corrected chi connectivity index (χ3v) is 3.24. The SMILES string of the molecule is CN(CC1(O)CCCC1)c1ncc([N+](=O)[O-])cn1. The Morgan fingerprint density at radius 1 is 1.44 bits per heavy atom. The number of aliphatic hydroxyl groups is 1. The third-order valence-electron chi connectivity index (χ3n) is 3.24. The van der Waals surface area contributed by atoms with Gasteiger partial charge in [-0.1, -0.05) is 12.8 Å². The lowest BCUT2D eigenvalue weighted by Crippen LogP contribution is -2.39. The highest BCUT2D eigenvalue weighted by molar-refractivity contribution is 5.33. The van der Waals surface area contributed by atoms with Crippen molar-refractivity contribution in [3.8, 4) is 0 Å². The van der Waals surface area contributed by atoms with Crippen molar-refractivity contribution in [2.24, 2.45) is 0 Å². The largest absolute Gasteiger partial charge is 0.388 e. The first kappa shape index (κ1) is 12.7. The molecule has 0 aliphatic heterocycles. The van der Waals surface area contributed by atoms with Crippen molar-refractivity contribution in [2.75, 3.05) is 18.5 Å². The summed E-state index contributed by atoms with van der Waals surface area (Å²) in [5.74, 6) is 0.390. The summed E-state index contributed by atoms with van der Waals surface area (Å²) in [6.07, 6.45) is 5.99. The van der Waals surface area contributed by atoms with E-state index in [2.05, 4.69) is 9.97 Å². The predicted octanol–water partition coefficient (Wildman–Crippen LogP) is 1.13. The standard InChI is InChI=1S/C11H16N4O3/c1-14(8-11(16)4-2-3-5-11)10-12-6-9(7-13-10)15(17)18/h6-7,16H,2-5,8H2,1H3. The Balaban J connectivity index is 2.04. The second-order valence-corrected chi connectivity index (χ2v) is 4.79. The smallest absolute Gasteiger partial charge is 0.305 e. The number of likely N-dealkylation sites (N-methyl/N-ethyl adjacent to an activating group) is 1. The molecule has 0 aromatic carbocycles. The summed E-state index contributed by atoms with van der Waals surface area (Å²) in [5, 5.41) is 20.7. The molecule has 7 nitrogen and oxygen atoms in total. The fraction of sp³-hybridized carbons (Fsp3) is 0.636. The van der Waals surface area contributed by atoms with E-state index in [0.717, 1.165) is 25.7 Å². The zero-order valence-corrected chi connectivity index (χ0v) is 10.2. The van der Waals surface area contributed by atoms with Gasteiger partial charge in [0.05, 0.1) is 10.5 Å². The van der Waals surface area contributed by atoms with E-state index in [0.29, 0.717) is 12.5 Å². The summed E-state index contributed by atoms with van der Waals surface area (Å²) < 4.78 is 0. The van der Waals surface area contributed by atoms with Crippen LogP contribution in [0.25, 0.3) is 0 Å². The van der Waals surface area contributed by atoms with E-state index < -0.39 is 10.5 Å². The van der Waals surface area contributed by atoms with Gasteiger partial charge in [-0.05, 0) is 12.8 Å². The molecular weight excluding hydrogens is 236 g/mol. The van der Waals surface area contributed by atoms with Crippen LogP contribution >= 0.6 is 0 Å². The fourth-order valence-electron chi connectivity index (χ4n) is 2.31. The zero-order valence-electron chi connectivity index (χ0n) is 10.2. The molecule has 1 fully saturated rings. The maximum atomic E-state index is 10.5. The Kier molecular flexibility index (Phi) is 3.42. The van der Waals surface area contributed by atoms with Gasteiger partial charge < -0.3 is 10.0 Å². The van der Waals surface area contributed by atoms with Crippen LogP contribution in [0.2, 0.25) is 0 Å². The van der Waals surface area contributed by atoms with Crippen LogP contribution in [-0.2, 0) is 0 Å². The minimum absolute atomic E-state index is 0.133. The van der Waals surface area contributed by atoms with Gasteiger partial charge in [-0.2, -0.15) is 0 Å². The molecule has 2 rings (SSSR count). The quantitative estimate of drug-likeness (QED) is 0.637. The molecule has 1 heterocycles. The number of nitrogens with zero attached hydrogens (tertiary/aromatic N) is 4. The lowest BCUT2D eigenvalue weighted by molar-refractivity contribution is -0.385. The average molecular weight is 252 g/mol. The van der Waals surface area contributed by atoms with Gasteiger partial charge in [0.1, 0.15) is 12.4 Å². The van der Waals surface area contributed by atoms with Crippen molar-refractivity contribution in [2.45, 2.75) is 31.3 Å². The molecule has 7 heteroatoms. The van der Waals surface area contributed by atoms with Gasteiger partial charge in [0.15, 0.2) is 0 Å². The molecule has 0 saturated heterocycles. The molecule has 1 aliphatic carbocycles. The van der Waals surface area contributed by atoms with Crippen LogP contribution in [0.15, 0.2) is 12.4 Å². The van der Waals surface area contributed by atoms with E-state index >= 15 is 0 Å². The number of anilines is 1. The number of hydrogen-bond donors (Lipinski definition) is 1. The van der Waals surface area contributed by atoms with Gasteiger partial charge in [0.2, 0.25) is 5.95 Å². The molecular formula is C11H16N4O3. The Morgan fingerprint density at radius 2 is 2.00 bits per heavy atom. The van der Waals surface area contributed by atoms with Crippen LogP contribution < -0.4 is 4.90 Å². The van der Waals surface area contributed by atoms with E-state index in [1.165, 1.54) is 12.4 Å². The number of rotatable bonds is 4. The van der Waals surface area contributed by atoms with Crippen LogP contribution in [-0.4, -0.2) is 39.2 Å². The molecule has 0 radical (unpaired) electrons. The van der Waals surface area contributed by atoms with Crippen molar-refractivity contribution in [3.05, 3.63) is 22.5 Å². The highest BCUT2D eigenvalue weighted by atomic mass is 16.6. The van der Waals surface area contributed by atoms with Crippen LogP contribution in [0.3, 0.4) is 0 Å². The van der Waals surface area contributed by atoms with Gasteiger partial charge in [0.25, 0.3) is 0 Å². The first-order valence-electron chi connectivity index (χ1n) is 5.90. The van der Waals surface area contributed by atoms with Crippen LogP contribution in [0, 0.1) is 10.1 Å². The Hall–Kier alpha value is -1.76. The van der Waals surface area contributed by atoms with Crippen molar-refractivity contribution in [1.82, 2.24) is 9.97 Å². The van der Waals surface area contributed by atoms with E-state index in [1.54, 1.807) is 11.9 Å². The van der Waals surface area contributed by atoms with Gasteiger partial charge in [-0.3, -0.25) is 10.1 Å². The summed E-state index contributed by atoms with van der Waals surface area (Å²) in [4.78, 5) is 19.6. The summed E-state index contributed by atoms with van der Waals surface area (Å²) >= 11 is 0. The molecule has 0 unspecified atom stereocenters. The van der Waals surface area contributed by atoms with E-state index in [4.69, 9.17) is 0 Å². The van der Waals surface area contributed by atoms with E-state index in [-0.39, 0.29) is 5.69 Å². The molecule has 98 valence electrons. The monoisotopic (exact) mass is 252 g/mol. The summed E-state index contributed by atoms with van der Waals surface area (Å²) in [5.41, 5.74) is -0.813. The normalized spacial score (nSPS) is 17.7. The second-order valence-electron chi connectivity index (χ2n) is 4.79. The van der Waals surface area contributed by atoms with Crippen molar-refractivity contribution in [3.63, 3.8) is 0 Å². The topological polar surface area (TPSA) is 92.4 Å². The minimum Gasteiger partial charge on any atom is -0.388 e. The lowest BCUT2D eigenvalue weighted by atomic mass is 10.0. The Bertz CT molecular complexity index is 428. The van der Waals surface area contributed by atoms with Crippen molar-refractivity contribution >= 4 is 11.6 Å². The van der Waals surface area contributed by atoms with E-state index in [1.807, 2.05) is 0 Å². The van der Waals surface area contributed by atoms with Crippen molar-refractivity contribution < 1.29 is 10.0 Å². The molecule has 1 aromatic heterocycles. The highest BCUT2D eigenvalue weighted by Gasteiger charge is 2.32. The first-order chi connectivity index (χ1) is 8.50. The summed E-state index contributed by atoms with van der Waals surface area (Å²) in [6.45, 7) is 0.449. The molecule has 0 bridgehead atoms. The molecule has 0 amide bonds. The number of hydrogen-bond acceptors (Lipinski definition) is 6. The summed E-state index contributed by atoms with van der Waals surface area (Å²) in [6, 6.07) is 0. The van der Waals surface area contributed by atoms with Crippen LogP contribution in [0.5, 0.6) is 0 Å². The number of nitro groups is 1. The highest BCUT2D eigenvalue weighted by Crippen LogP contribution is 2.30. The van der Waals surface area contributed by atoms with Gasteiger partial charge in [-0.25, -0.2) is 9.97 Å². The van der Waals surface area contributed by atoms with Gasteiger partial charge in [-0.15, -0.1) is 0 Å². The fourth-order valence-corrected chi connectivity index (χ4v) is 2.31. The molecule has 1 aromatic rings. The van der Waals surface area contributed by atoms with Crippen LogP contribution in [0.1, 0.15) is 25.7 Å². The average Bonchev–Trinajstić information content (AvgIpc) is 2.76. The molecule has 1 saturated carbocycles. The minimum atomic E-state index is -0.681. The van der Waals surface area contributed by atoms with Gasteiger partial charge in [0, 0.05) is 13.6 Å². The molecule has 0 spiro atoms. The molecule has 1 aliphatic rings. The Labute approximate surface area is 105 Å². The van der Waals surface area contributed by atoms with Crippen molar-refractivity contribution in [1.29, 1.82) is 0 Å². The second kappa shape index (κ2) is 4.85. The maximum Gasteiger partial charge on any atom is 0.305 e. The number of aromatic nitrogens is 2. The van der Waals surface area contributed by atoms with E-state index in [9.17, 15) is 15.2 Å². The third kappa shape index (κ3) is 2.73. The predicted molar refractivity (Wildman–Crippen MR) is 65.4 cm³/mol. The molecule has 1 N–H and O–H groups in total. The van der Waals surface area contributed by atoms with Crippen LogP contribution in [0.4, 0.5) is 11.6 Å². The first-order valence-corrected chi connectivity index (χ1v) is 5.90.